The van der Waals surface area contributed by atoms with Crippen molar-refractivity contribution in [1.29, 1.82) is 0 Å². The average molecular weight is 404 g/mol. The minimum Gasteiger partial charge on any atom is -0.347 e. The lowest BCUT2D eigenvalue weighted by atomic mass is 10.1. The van der Waals surface area contributed by atoms with E-state index in [0.29, 0.717) is 12.1 Å². The lowest BCUT2D eigenvalue weighted by molar-refractivity contribution is -0.136. The normalized spacial score (nSPS) is 11.1. The molecule has 0 aliphatic carbocycles. The van der Waals surface area contributed by atoms with Gasteiger partial charge in [-0.05, 0) is 54.7 Å². The number of hydrogen-bond donors (Lipinski definition) is 3. The Kier molecular flexibility index (Phi) is 7.71. The molecule has 0 spiro atoms. The second-order valence-corrected chi connectivity index (χ2v) is 8.01. The van der Waals surface area contributed by atoms with E-state index in [1.54, 1.807) is 24.3 Å². The highest BCUT2D eigenvalue weighted by Crippen LogP contribution is 2.12. The van der Waals surface area contributed by atoms with Crippen LogP contribution in [0.4, 0.5) is 5.69 Å². The summed E-state index contributed by atoms with van der Waals surface area (Å²) in [5.74, 6) is -1.46. The molecule has 0 bridgehead atoms. The molecule has 0 aliphatic rings. The van der Waals surface area contributed by atoms with Gasteiger partial charge in [-0.3, -0.25) is 9.59 Å². The number of carbonyl (C=O) groups excluding carboxylic acids is 2. The zero-order valence-electron chi connectivity index (χ0n) is 15.8. The van der Waals surface area contributed by atoms with E-state index in [4.69, 9.17) is 5.14 Å². The van der Waals surface area contributed by atoms with Gasteiger partial charge in [0, 0.05) is 12.2 Å². The lowest BCUT2D eigenvalue weighted by Crippen LogP contribution is -2.36. The second-order valence-electron chi connectivity index (χ2n) is 6.45. The fourth-order valence-corrected chi connectivity index (χ4v) is 3.09. The summed E-state index contributed by atoms with van der Waals surface area (Å²) in [6.07, 6.45) is 3.67. The van der Waals surface area contributed by atoms with Crippen molar-refractivity contribution in [3.63, 3.8) is 0 Å². The van der Waals surface area contributed by atoms with Crippen molar-refractivity contribution in [3.05, 3.63) is 59.7 Å². The Hall–Kier alpha value is -2.71. The summed E-state index contributed by atoms with van der Waals surface area (Å²) in [6.45, 7) is 2.38. The van der Waals surface area contributed by atoms with Gasteiger partial charge in [-0.15, -0.1) is 0 Å². The molecule has 7 nitrogen and oxygen atoms in total. The smallest absolute Gasteiger partial charge is 0.313 e. The highest BCUT2D eigenvalue weighted by Gasteiger charge is 2.13. The van der Waals surface area contributed by atoms with Crippen molar-refractivity contribution < 1.29 is 18.0 Å². The van der Waals surface area contributed by atoms with Gasteiger partial charge in [0.25, 0.3) is 0 Å². The third kappa shape index (κ3) is 6.79. The Morgan fingerprint density at radius 2 is 1.46 bits per heavy atom. The molecule has 28 heavy (non-hydrogen) atoms. The predicted molar refractivity (Wildman–Crippen MR) is 108 cm³/mol. The van der Waals surface area contributed by atoms with E-state index in [1.807, 2.05) is 12.1 Å². The third-order valence-electron chi connectivity index (χ3n) is 4.19. The molecule has 8 heteroatoms. The lowest BCUT2D eigenvalue weighted by Gasteiger charge is -2.08. The molecular weight excluding hydrogens is 378 g/mol. The first-order valence-electron chi connectivity index (χ1n) is 9.09. The topological polar surface area (TPSA) is 118 Å². The molecule has 0 fully saturated rings. The van der Waals surface area contributed by atoms with Crippen LogP contribution in [0, 0.1) is 0 Å². The van der Waals surface area contributed by atoms with Gasteiger partial charge >= 0.3 is 11.8 Å². The Balaban J connectivity index is 1.78. The number of carbonyl (C=O) groups is 2. The van der Waals surface area contributed by atoms with E-state index in [2.05, 4.69) is 17.6 Å². The van der Waals surface area contributed by atoms with E-state index < -0.39 is 21.8 Å². The number of anilines is 1. The fourth-order valence-electron chi connectivity index (χ4n) is 2.57. The molecule has 4 N–H and O–H groups in total. The Morgan fingerprint density at radius 1 is 0.893 bits per heavy atom. The van der Waals surface area contributed by atoms with Gasteiger partial charge in [0.1, 0.15) is 0 Å². The van der Waals surface area contributed by atoms with Crippen LogP contribution in [0.25, 0.3) is 0 Å². The fraction of sp³-hybridized carbons (Fsp3) is 0.300. The highest BCUT2D eigenvalue weighted by atomic mass is 32.2. The number of unbranched alkanes of at least 4 members (excludes halogenated alkanes) is 1. The summed E-state index contributed by atoms with van der Waals surface area (Å²) in [7, 11) is -3.72. The molecule has 0 saturated heterocycles. The summed E-state index contributed by atoms with van der Waals surface area (Å²) in [5.41, 5.74) is 2.58. The molecule has 0 unspecified atom stereocenters. The van der Waals surface area contributed by atoms with E-state index in [1.165, 1.54) is 17.7 Å². The van der Waals surface area contributed by atoms with E-state index >= 15 is 0 Å². The first kappa shape index (κ1) is 21.6. The summed E-state index contributed by atoms with van der Waals surface area (Å²) >= 11 is 0. The summed E-state index contributed by atoms with van der Waals surface area (Å²) in [5, 5.41) is 10.2. The quantitative estimate of drug-likeness (QED) is 0.584. The van der Waals surface area contributed by atoms with E-state index in [9.17, 15) is 18.0 Å². The first-order chi connectivity index (χ1) is 13.3. The molecule has 0 saturated carbocycles. The predicted octanol–water partition coefficient (Wildman–Crippen LogP) is 1.97. The number of amides is 2. The van der Waals surface area contributed by atoms with Crippen LogP contribution in [0.3, 0.4) is 0 Å². The molecule has 0 aromatic heterocycles. The highest BCUT2D eigenvalue weighted by molar-refractivity contribution is 7.89. The van der Waals surface area contributed by atoms with Crippen LogP contribution in [0.5, 0.6) is 0 Å². The van der Waals surface area contributed by atoms with Gasteiger partial charge in [-0.2, -0.15) is 0 Å². The molecule has 150 valence electrons. The van der Waals surface area contributed by atoms with Crippen LogP contribution >= 0.6 is 0 Å². The molecule has 2 amide bonds. The maximum atomic E-state index is 12.0. The first-order valence-corrected chi connectivity index (χ1v) is 10.6. The van der Waals surface area contributed by atoms with Crippen LogP contribution in [0.1, 0.15) is 30.9 Å². The Morgan fingerprint density at radius 3 is 2.04 bits per heavy atom. The molecule has 0 radical (unpaired) electrons. The molecular formula is C20H25N3O4S. The van der Waals surface area contributed by atoms with Crippen LogP contribution in [0.15, 0.2) is 53.4 Å². The van der Waals surface area contributed by atoms with Crippen molar-refractivity contribution >= 4 is 27.5 Å². The van der Waals surface area contributed by atoms with Crippen molar-refractivity contribution in [1.82, 2.24) is 5.32 Å². The number of nitrogens with two attached hydrogens (primary N) is 1. The van der Waals surface area contributed by atoms with Crippen LogP contribution in [0.2, 0.25) is 0 Å². The van der Waals surface area contributed by atoms with E-state index in [0.717, 1.165) is 24.8 Å². The van der Waals surface area contributed by atoms with Gasteiger partial charge in [0.05, 0.1) is 4.90 Å². The molecule has 2 aromatic rings. The number of nitrogens with one attached hydrogen (secondary N) is 2. The SMILES string of the molecule is CCCCc1ccc(NC(=O)C(=O)NCCc2ccc(S(N)(=O)=O)cc2)cc1. The van der Waals surface area contributed by atoms with Crippen LogP contribution in [-0.4, -0.2) is 26.8 Å². The standard InChI is InChI=1S/C20H25N3O4S/c1-2-3-4-15-5-9-17(10-6-15)23-20(25)19(24)22-14-13-16-7-11-18(12-8-16)28(21,26)27/h5-12H,2-4,13-14H2,1H3,(H,22,24)(H,23,25)(H2,21,26,27). The van der Waals surface area contributed by atoms with Crippen molar-refractivity contribution in [2.45, 2.75) is 37.5 Å². The van der Waals surface area contributed by atoms with Gasteiger partial charge < -0.3 is 10.6 Å². The number of primary sulfonamides is 1. The molecule has 2 rings (SSSR count). The molecule has 0 heterocycles. The number of sulfonamides is 1. The summed E-state index contributed by atoms with van der Waals surface area (Å²) in [4.78, 5) is 23.9. The van der Waals surface area contributed by atoms with Gasteiger partial charge in [0.2, 0.25) is 10.0 Å². The maximum absolute atomic E-state index is 12.0. The number of rotatable bonds is 8. The number of hydrogen-bond acceptors (Lipinski definition) is 4. The van der Waals surface area contributed by atoms with Gasteiger partial charge in [0.15, 0.2) is 0 Å². The summed E-state index contributed by atoms with van der Waals surface area (Å²) in [6, 6.07) is 13.5. The van der Waals surface area contributed by atoms with E-state index in [-0.39, 0.29) is 11.4 Å². The second kappa shape index (κ2) is 10.0. The monoisotopic (exact) mass is 403 g/mol. The minimum atomic E-state index is -3.72. The Bertz CT molecular complexity index is 907. The van der Waals surface area contributed by atoms with Crippen LogP contribution in [-0.2, 0) is 32.5 Å². The third-order valence-corrected chi connectivity index (χ3v) is 5.12. The zero-order chi connectivity index (χ0) is 20.6. The number of benzene rings is 2. The van der Waals surface area contributed by atoms with Crippen LogP contribution < -0.4 is 15.8 Å². The summed E-state index contributed by atoms with van der Waals surface area (Å²) < 4.78 is 22.4. The number of aryl methyl sites for hydroxylation is 1. The Labute approximate surface area is 165 Å². The van der Waals surface area contributed by atoms with Crippen molar-refractivity contribution in [2.75, 3.05) is 11.9 Å². The van der Waals surface area contributed by atoms with Gasteiger partial charge in [-0.1, -0.05) is 37.6 Å². The molecule has 2 aromatic carbocycles. The maximum Gasteiger partial charge on any atom is 0.313 e. The van der Waals surface area contributed by atoms with Crippen molar-refractivity contribution in [3.8, 4) is 0 Å². The zero-order valence-corrected chi connectivity index (χ0v) is 16.6. The minimum absolute atomic E-state index is 0.0281. The van der Waals surface area contributed by atoms with Gasteiger partial charge in [-0.25, -0.2) is 13.6 Å². The molecule has 0 aliphatic heterocycles. The largest absolute Gasteiger partial charge is 0.347 e. The molecule has 0 atom stereocenters. The average Bonchev–Trinajstić information content (AvgIpc) is 2.67. The van der Waals surface area contributed by atoms with Crippen molar-refractivity contribution in [2.24, 2.45) is 5.14 Å².